The van der Waals surface area contributed by atoms with Crippen molar-refractivity contribution in [1.82, 2.24) is 19.8 Å². The molecule has 1 saturated carbocycles. The van der Waals surface area contributed by atoms with E-state index in [2.05, 4.69) is 15.5 Å². The maximum Gasteiger partial charge on any atom is 0.262 e. The van der Waals surface area contributed by atoms with Gasteiger partial charge in [-0.05, 0) is 26.7 Å². The van der Waals surface area contributed by atoms with Crippen LogP contribution in [0.4, 0.5) is 0 Å². The summed E-state index contributed by atoms with van der Waals surface area (Å²) in [5, 5.41) is 10.4. The summed E-state index contributed by atoms with van der Waals surface area (Å²) in [6.45, 7) is 5.48. The molecule has 3 rings (SSSR count). The largest absolute Gasteiger partial charge is 0.376 e. The van der Waals surface area contributed by atoms with E-state index in [-0.39, 0.29) is 11.1 Å². The highest BCUT2D eigenvalue weighted by Crippen LogP contribution is 2.24. The van der Waals surface area contributed by atoms with Crippen molar-refractivity contribution in [1.29, 1.82) is 0 Å². The smallest absolute Gasteiger partial charge is 0.262 e. The van der Waals surface area contributed by atoms with Gasteiger partial charge in [-0.25, -0.2) is 8.42 Å². The molecule has 0 aromatic carbocycles. The number of morpholine rings is 1. The van der Waals surface area contributed by atoms with E-state index in [0.29, 0.717) is 32.3 Å². The second-order valence-corrected chi connectivity index (χ2v) is 7.69. The van der Waals surface area contributed by atoms with Gasteiger partial charge in [-0.3, -0.25) is 5.10 Å². The lowest BCUT2D eigenvalue weighted by atomic mass is 10.2. The van der Waals surface area contributed by atoms with E-state index < -0.39 is 10.0 Å². The van der Waals surface area contributed by atoms with Gasteiger partial charge in [0.25, 0.3) is 10.0 Å². The molecule has 0 radical (unpaired) electrons. The van der Waals surface area contributed by atoms with Crippen molar-refractivity contribution in [2.24, 2.45) is 0 Å². The summed E-state index contributed by atoms with van der Waals surface area (Å²) < 4.78 is 32.5. The first kappa shape index (κ1) is 15.0. The van der Waals surface area contributed by atoms with Gasteiger partial charge in [0.05, 0.1) is 12.7 Å². The maximum absolute atomic E-state index is 12.8. The third-order valence-electron chi connectivity index (χ3n) is 3.97. The van der Waals surface area contributed by atoms with Crippen LogP contribution in [0.25, 0.3) is 0 Å². The van der Waals surface area contributed by atoms with Crippen LogP contribution in [0, 0.1) is 6.92 Å². The Morgan fingerprint density at radius 2 is 2.24 bits per heavy atom. The number of aromatic amines is 1. The SMILES string of the molecule is Cc1[nH]nc(S(=O)(=O)N2CCOC(C)C2)c1CNC1CC1. The van der Waals surface area contributed by atoms with Gasteiger partial charge >= 0.3 is 0 Å². The fourth-order valence-corrected chi connectivity index (χ4v) is 4.18. The van der Waals surface area contributed by atoms with Gasteiger partial charge in [0.15, 0.2) is 5.03 Å². The van der Waals surface area contributed by atoms with Crippen molar-refractivity contribution < 1.29 is 13.2 Å². The quantitative estimate of drug-likeness (QED) is 0.820. The van der Waals surface area contributed by atoms with E-state index in [1.165, 1.54) is 17.1 Å². The zero-order valence-electron chi connectivity index (χ0n) is 12.4. The number of nitrogens with one attached hydrogen (secondary N) is 2. The van der Waals surface area contributed by atoms with Crippen molar-refractivity contribution >= 4 is 10.0 Å². The van der Waals surface area contributed by atoms with Gasteiger partial charge in [0.2, 0.25) is 0 Å². The van der Waals surface area contributed by atoms with E-state index in [0.717, 1.165) is 11.3 Å². The lowest BCUT2D eigenvalue weighted by Crippen LogP contribution is -2.44. The zero-order chi connectivity index (χ0) is 15.0. The number of nitrogens with zero attached hydrogens (tertiary/aromatic N) is 2. The molecule has 1 aliphatic heterocycles. The summed E-state index contributed by atoms with van der Waals surface area (Å²) in [5.74, 6) is 0. The minimum absolute atomic E-state index is 0.0818. The van der Waals surface area contributed by atoms with Crippen LogP contribution in [0.2, 0.25) is 0 Å². The fourth-order valence-electron chi connectivity index (χ4n) is 2.51. The van der Waals surface area contributed by atoms with Crippen molar-refractivity contribution in [3.05, 3.63) is 11.3 Å². The Hall–Kier alpha value is -0.960. The van der Waals surface area contributed by atoms with Crippen LogP contribution < -0.4 is 5.32 Å². The van der Waals surface area contributed by atoms with Gasteiger partial charge < -0.3 is 10.1 Å². The van der Waals surface area contributed by atoms with Crippen LogP contribution in [0.15, 0.2) is 5.03 Å². The van der Waals surface area contributed by atoms with E-state index in [4.69, 9.17) is 4.74 Å². The van der Waals surface area contributed by atoms with Crippen molar-refractivity contribution in [2.75, 3.05) is 19.7 Å². The predicted octanol–water partition coefficient (Wildman–Crippen LogP) is 0.380. The summed E-state index contributed by atoms with van der Waals surface area (Å²) in [6.07, 6.45) is 2.25. The minimum Gasteiger partial charge on any atom is -0.376 e. The first-order valence-corrected chi connectivity index (χ1v) is 8.81. The normalized spacial score (nSPS) is 24.4. The molecule has 118 valence electrons. The molecule has 7 nitrogen and oxygen atoms in total. The average molecular weight is 314 g/mol. The van der Waals surface area contributed by atoms with Crippen molar-refractivity contribution in [2.45, 2.75) is 50.4 Å². The molecule has 1 aliphatic carbocycles. The Morgan fingerprint density at radius 3 is 2.90 bits per heavy atom. The number of rotatable bonds is 5. The Labute approximate surface area is 125 Å². The average Bonchev–Trinajstić information content (AvgIpc) is 3.19. The number of hydrogen-bond acceptors (Lipinski definition) is 5. The highest BCUT2D eigenvalue weighted by molar-refractivity contribution is 7.89. The van der Waals surface area contributed by atoms with Gasteiger partial charge in [-0.15, -0.1) is 0 Å². The highest BCUT2D eigenvalue weighted by atomic mass is 32.2. The third kappa shape index (κ3) is 3.13. The van der Waals surface area contributed by atoms with Gasteiger partial charge in [-0.1, -0.05) is 0 Å². The van der Waals surface area contributed by atoms with Crippen molar-refractivity contribution in [3.8, 4) is 0 Å². The van der Waals surface area contributed by atoms with Crippen LogP contribution >= 0.6 is 0 Å². The van der Waals surface area contributed by atoms with Crippen LogP contribution in [0.1, 0.15) is 31.0 Å². The number of sulfonamides is 1. The van der Waals surface area contributed by atoms with Gasteiger partial charge in [-0.2, -0.15) is 9.40 Å². The summed E-state index contributed by atoms with van der Waals surface area (Å²) in [5.41, 5.74) is 1.56. The number of aryl methyl sites for hydroxylation is 1. The lowest BCUT2D eigenvalue weighted by molar-refractivity contribution is 0.0101. The highest BCUT2D eigenvalue weighted by Gasteiger charge is 2.34. The molecule has 1 atom stereocenters. The second kappa shape index (κ2) is 5.68. The topological polar surface area (TPSA) is 87.3 Å². The van der Waals surface area contributed by atoms with Crippen LogP contribution in [0.5, 0.6) is 0 Å². The van der Waals surface area contributed by atoms with Gasteiger partial charge in [0, 0.05) is 36.9 Å². The van der Waals surface area contributed by atoms with Crippen LogP contribution in [0.3, 0.4) is 0 Å². The molecule has 8 heteroatoms. The minimum atomic E-state index is -3.56. The number of ether oxygens (including phenoxy) is 1. The van der Waals surface area contributed by atoms with Crippen LogP contribution in [-0.4, -0.2) is 54.8 Å². The molecule has 1 aromatic heterocycles. The molecule has 2 heterocycles. The molecule has 1 aromatic rings. The van der Waals surface area contributed by atoms with Crippen molar-refractivity contribution in [3.63, 3.8) is 0 Å². The second-order valence-electron chi connectivity index (χ2n) is 5.83. The monoisotopic (exact) mass is 314 g/mol. The molecule has 0 spiro atoms. The number of hydrogen-bond donors (Lipinski definition) is 2. The fraction of sp³-hybridized carbons (Fsp3) is 0.769. The Balaban J connectivity index is 1.83. The first-order chi connectivity index (χ1) is 9.98. The van der Waals surface area contributed by atoms with Gasteiger partial charge in [0.1, 0.15) is 0 Å². The van der Waals surface area contributed by atoms with E-state index in [9.17, 15) is 8.42 Å². The molecule has 0 bridgehead atoms. The number of aromatic nitrogens is 2. The Kier molecular flexibility index (Phi) is 4.04. The standard InChI is InChI=1S/C13H22N4O3S/c1-9-8-17(5-6-20-9)21(18,19)13-12(10(2)15-16-13)7-14-11-3-4-11/h9,11,14H,3-8H2,1-2H3,(H,15,16). The molecule has 21 heavy (non-hydrogen) atoms. The molecule has 0 amide bonds. The number of H-pyrrole nitrogens is 1. The molecule has 2 aliphatic rings. The van der Waals surface area contributed by atoms with Crippen LogP contribution in [-0.2, 0) is 21.3 Å². The molecule has 1 unspecified atom stereocenters. The molecule has 1 saturated heterocycles. The summed E-state index contributed by atoms with van der Waals surface area (Å²) in [4.78, 5) is 0. The van der Waals surface area contributed by atoms with E-state index in [1.807, 2.05) is 13.8 Å². The zero-order valence-corrected chi connectivity index (χ0v) is 13.2. The summed E-state index contributed by atoms with van der Waals surface area (Å²) >= 11 is 0. The van der Waals surface area contributed by atoms with E-state index in [1.54, 1.807) is 0 Å². The summed E-state index contributed by atoms with van der Waals surface area (Å²) in [6, 6.07) is 0.526. The molecule has 2 fully saturated rings. The molecular formula is C13H22N4O3S. The summed E-state index contributed by atoms with van der Waals surface area (Å²) in [7, 11) is -3.56. The lowest BCUT2D eigenvalue weighted by Gasteiger charge is -2.29. The maximum atomic E-state index is 12.8. The molecular weight excluding hydrogens is 292 g/mol. The van der Waals surface area contributed by atoms with E-state index >= 15 is 0 Å². The Bertz CT molecular complexity index is 609. The molecule has 2 N–H and O–H groups in total. The predicted molar refractivity (Wildman–Crippen MR) is 77.4 cm³/mol. The third-order valence-corrected chi connectivity index (χ3v) is 5.81. The Morgan fingerprint density at radius 1 is 1.48 bits per heavy atom. The first-order valence-electron chi connectivity index (χ1n) is 7.37.